The number of aliphatic imine (C=N–C) groups is 1. The zero-order valence-electron chi connectivity index (χ0n) is 15.2. The number of halogens is 5. The molecule has 0 aromatic carbocycles. The number of amides is 1. The highest BCUT2D eigenvalue weighted by molar-refractivity contribution is 5.92. The number of nitrogen functional groups attached to an aromatic ring is 1. The monoisotopic (exact) mass is 463 g/mol. The number of Topliss-reactive ketones (excluding diaryl/α,β-unsaturated/α-hetero) is 1. The van der Waals surface area contributed by atoms with Crippen LogP contribution < -0.4 is 28.1 Å². The predicted octanol–water partition coefficient (Wildman–Crippen LogP) is -0.353. The summed E-state index contributed by atoms with van der Waals surface area (Å²) in [5.74, 6) is -3.20. The number of hydrogen-bond donors (Lipinski definition) is 4. The maximum Gasteiger partial charge on any atom is 0.452 e. The van der Waals surface area contributed by atoms with Crippen LogP contribution >= 0.6 is 24.8 Å². The van der Waals surface area contributed by atoms with E-state index in [0.29, 0.717) is 0 Å². The van der Waals surface area contributed by atoms with Crippen molar-refractivity contribution >= 4 is 48.2 Å². The van der Waals surface area contributed by atoms with E-state index in [4.69, 9.17) is 17.2 Å². The molecule has 166 valence electrons. The Balaban J connectivity index is 0. The van der Waals surface area contributed by atoms with Gasteiger partial charge in [-0.2, -0.15) is 13.2 Å². The van der Waals surface area contributed by atoms with Gasteiger partial charge in [-0.3, -0.25) is 23.9 Å². The second-order valence-electron chi connectivity index (χ2n) is 5.58. The highest BCUT2D eigenvalue weighted by Gasteiger charge is 2.43. The van der Waals surface area contributed by atoms with Gasteiger partial charge in [-0.15, -0.1) is 24.8 Å². The van der Waals surface area contributed by atoms with Crippen molar-refractivity contribution in [3.8, 4) is 0 Å². The normalized spacial score (nSPS) is 11.4. The van der Waals surface area contributed by atoms with E-state index in [-0.39, 0.29) is 61.7 Å². The van der Waals surface area contributed by atoms with Gasteiger partial charge in [0.2, 0.25) is 5.91 Å². The Morgan fingerprint density at radius 2 is 1.90 bits per heavy atom. The third-order valence-corrected chi connectivity index (χ3v) is 3.45. The molecule has 15 heteroatoms. The van der Waals surface area contributed by atoms with Crippen molar-refractivity contribution in [1.82, 2.24) is 14.9 Å². The second kappa shape index (κ2) is 12.1. The Labute approximate surface area is 175 Å². The first-order valence-corrected chi connectivity index (χ1v) is 7.71. The molecule has 1 unspecified atom stereocenters. The van der Waals surface area contributed by atoms with Crippen molar-refractivity contribution in [2.45, 2.75) is 38.5 Å². The van der Waals surface area contributed by atoms with Crippen LogP contribution in [0.3, 0.4) is 0 Å². The minimum absolute atomic E-state index is 0. The van der Waals surface area contributed by atoms with E-state index in [0.717, 1.165) is 10.8 Å². The van der Waals surface area contributed by atoms with Gasteiger partial charge in [0.05, 0.1) is 12.2 Å². The molecule has 0 radical (unpaired) electrons. The number of rotatable bonds is 8. The number of carbonyl (C=O) groups excluding carboxylic acids is 2. The highest BCUT2D eigenvalue weighted by Crippen LogP contribution is 2.20. The number of aromatic nitrogens is 2. The molecule has 0 saturated carbocycles. The van der Waals surface area contributed by atoms with Crippen LogP contribution in [0.25, 0.3) is 0 Å². The summed E-state index contributed by atoms with van der Waals surface area (Å²) in [6, 6.07) is -1.84. The maximum atomic E-state index is 12.7. The summed E-state index contributed by atoms with van der Waals surface area (Å²) in [6.45, 7) is 0.761. The van der Waals surface area contributed by atoms with Gasteiger partial charge >= 0.3 is 6.18 Å². The fourth-order valence-corrected chi connectivity index (χ4v) is 2.13. The third-order valence-electron chi connectivity index (χ3n) is 3.45. The van der Waals surface area contributed by atoms with Crippen molar-refractivity contribution in [3.63, 3.8) is 0 Å². The summed E-state index contributed by atoms with van der Waals surface area (Å²) in [6.07, 6.45) is -4.36. The van der Waals surface area contributed by atoms with Crippen molar-refractivity contribution < 1.29 is 22.8 Å². The fraction of sp³-hybridized carbons (Fsp3) is 0.500. The Kier molecular flexibility index (Phi) is 12.0. The minimum Gasteiger partial charge on any atom is -0.393 e. The van der Waals surface area contributed by atoms with Crippen LogP contribution in [0.2, 0.25) is 0 Å². The first kappa shape index (κ1) is 28.7. The quantitative estimate of drug-likeness (QED) is 0.231. The van der Waals surface area contributed by atoms with Crippen molar-refractivity contribution in [2.75, 3.05) is 12.3 Å². The number of ketones is 1. The summed E-state index contributed by atoms with van der Waals surface area (Å²) in [5, 5.41) is 1.99. The van der Waals surface area contributed by atoms with E-state index in [9.17, 15) is 27.6 Å². The first-order valence-electron chi connectivity index (χ1n) is 7.71. The summed E-state index contributed by atoms with van der Waals surface area (Å²) >= 11 is 0. The molecule has 10 nitrogen and oxygen atoms in total. The molecule has 0 aliphatic carbocycles. The number of guanidine groups is 1. The molecule has 1 heterocycles. The second-order valence-corrected chi connectivity index (χ2v) is 5.58. The molecule has 0 fully saturated rings. The topological polar surface area (TPSA) is 171 Å². The average Bonchev–Trinajstić information content (AvgIpc) is 2.56. The lowest BCUT2D eigenvalue weighted by Crippen LogP contribution is -2.48. The molecule has 7 N–H and O–H groups in total. The number of carbonyl (C=O) groups is 2. The lowest BCUT2D eigenvalue weighted by atomic mass is 10.1. The van der Waals surface area contributed by atoms with Gasteiger partial charge in [0, 0.05) is 6.54 Å². The van der Waals surface area contributed by atoms with Crippen molar-refractivity contribution in [1.29, 1.82) is 0 Å². The first-order chi connectivity index (χ1) is 12.4. The molecule has 1 aromatic rings. The molecular formula is C14H22Cl2F3N7O3. The van der Waals surface area contributed by atoms with E-state index in [1.54, 1.807) is 0 Å². The van der Waals surface area contributed by atoms with Crippen molar-refractivity contribution in [2.24, 2.45) is 16.5 Å². The van der Waals surface area contributed by atoms with Crippen LogP contribution in [0.1, 0.15) is 18.7 Å². The zero-order chi connectivity index (χ0) is 20.8. The number of nitrogens with zero attached hydrogens (tertiary/aromatic N) is 3. The van der Waals surface area contributed by atoms with Gasteiger partial charge in [0.25, 0.3) is 11.3 Å². The van der Waals surface area contributed by atoms with Gasteiger partial charge < -0.3 is 22.5 Å². The Hall–Kier alpha value is -2.54. The summed E-state index contributed by atoms with van der Waals surface area (Å²) < 4.78 is 39.1. The Bertz CT molecular complexity index is 796. The molecule has 0 spiro atoms. The number of aryl methyl sites for hydroxylation is 1. The van der Waals surface area contributed by atoms with E-state index in [1.807, 2.05) is 5.32 Å². The van der Waals surface area contributed by atoms with Crippen LogP contribution in [-0.4, -0.2) is 46.0 Å². The summed E-state index contributed by atoms with van der Waals surface area (Å²) in [5.41, 5.74) is 14.7. The molecule has 29 heavy (non-hydrogen) atoms. The molecule has 0 aliphatic heterocycles. The number of alkyl halides is 3. The van der Waals surface area contributed by atoms with Gasteiger partial charge in [-0.25, -0.2) is 4.98 Å². The molecule has 0 bridgehead atoms. The molecule has 0 aliphatic rings. The fourth-order valence-electron chi connectivity index (χ4n) is 2.13. The van der Waals surface area contributed by atoms with Crippen LogP contribution in [0.4, 0.5) is 18.9 Å². The van der Waals surface area contributed by atoms with E-state index in [2.05, 4.69) is 9.98 Å². The SMILES string of the molecule is Cc1ncc(N)c(=O)n1CC(=O)NC(CCCN=C(N)N)C(=O)C(F)(F)F.Cl.Cl. The van der Waals surface area contributed by atoms with E-state index < -0.39 is 36.0 Å². The average molecular weight is 464 g/mol. The minimum atomic E-state index is -5.14. The van der Waals surface area contributed by atoms with Crippen LogP contribution in [0.5, 0.6) is 0 Å². The van der Waals surface area contributed by atoms with Crippen LogP contribution in [0.15, 0.2) is 16.0 Å². The Morgan fingerprint density at radius 3 is 2.41 bits per heavy atom. The molecule has 1 aromatic heterocycles. The highest BCUT2D eigenvalue weighted by atomic mass is 35.5. The van der Waals surface area contributed by atoms with Gasteiger partial charge in [-0.05, 0) is 19.8 Å². The van der Waals surface area contributed by atoms with Gasteiger partial charge in [0.15, 0.2) is 5.96 Å². The molecule has 1 amide bonds. The van der Waals surface area contributed by atoms with Crippen molar-refractivity contribution in [3.05, 3.63) is 22.4 Å². The lowest BCUT2D eigenvalue weighted by molar-refractivity contribution is -0.174. The summed E-state index contributed by atoms with van der Waals surface area (Å²) in [4.78, 5) is 42.9. The van der Waals surface area contributed by atoms with Gasteiger partial charge in [0.1, 0.15) is 18.1 Å². The molecule has 1 atom stereocenters. The lowest BCUT2D eigenvalue weighted by Gasteiger charge is -2.19. The van der Waals surface area contributed by atoms with E-state index in [1.165, 1.54) is 6.92 Å². The third kappa shape index (κ3) is 9.00. The van der Waals surface area contributed by atoms with E-state index >= 15 is 0 Å². The number of hydrogen-bond acceptors (Lipinski definition) is 6. The summed E-state index contributed by atoms with van der Waals surface area (Å²) in [7, 11) is 0. The standard InChI is InChI=1S/C14H20F3N7O3.2ClH/c1-7-22-5-8(18)12(27)24(7)6-10(25)23-9(11(26)14(15,16)17)3-2-4-21-13(19)20;;/h5,9H,2-4,6,18H2,1H3,(H,23,25)(H4,19,20,21);2*1H. The Morgan fingerprint density at radius 1 is 1.31 bits per heavy atom. The zero-order valence-corrected chi connectivity index (χ0v) is 16.9. The maximum absolute atomic E-state index is 12.7. The number of anilines is 1. The number of nitrogens with one attached hydrogen (secondary N) is 1. The van der Waals surface area contributed by atoms with Crippen LogP contribution in [0, 0.1) is 6.92 Å². The predicted molar refractivity (Wildman–Crippen MR) is 105 cm³/mol. The van der Waals surface area contributed by atoms with Gasteiger partial charge in [-0.1, -0.05) is 0 Å². The number of nitrogens with two attached hydrogens (primary N) is 3. The molecule has 0 saturated heterocycles. The largest absolute Gasteiger partial charge is 0.452 e. The smallest absolute Gasteiger partial charge is 0.393 e. The molecular weight excluding hydrogens is 442 g/mol. The van der Waals surface area contributed by atoms with Crippen LogP contribution in [-0.2, 0) is 16.1 Å². The molecule has 1 rings (SSSR count).